The van der Waals surface area contributed by atoms with Crippen molar-refractivity contribution in [3.63, 3.8) is 0 Å². The van der Waals surface area contributed by atoms with E-state index in [0.717, 1.165) is 4.90 Å². The van der Waals surface area contributed by atoms with Crippen LogP contribution in [0.25, 0.3) is 0 Å². The number of imide groups is 1. The van der Waals surface area contributed by atoms with Gasteiger partial charge in [-0.25, -0.2) is 4.79 Å². The number of esters is 1. The molecule has 3 amide bonds. The maximum Gasteiger partial charge on any atom is 0.338 e. The van der Waals surface area contributed by atoms with Crippen LogP contribution in [0.5, 0.6) is 5.75 Å². The molecule has 8 nitrogen and oxygen atoms in total. The van der Waals surface area contributed by atoms with Crippen LogP contribution >= 0.6 is 23.2 Å². The molecule has 10 heteroatoms. The van der Waals surface area contributed by atoms with Crippen molar-refractivity contribution in [1.82, 2.24) is 0 Å². The predicted octanol–water partition coefficient (Wildman–Crippen LogP) is 3.60. The van der Waals surface area contributed by atoms with E-state index in [1.54, 1.807) is 24.3 Å². The number of nitrogens with one attached hydrogen (secondary N) is 1. The summed E-state index contributed by atoms with van der Waals surface area (Å²) in [5.74, 6) is -2.24. The van der Waals surface area contributed by atoms with Crippen LogP contribution in [-0.4, -0.2) is 48.2 Å². The molecule has 178 valence electrons. The Bertz CT molecular complexity index is 1090. The molecule has 0 spiro atoms. The van der Waals surface area contributed by atoms with Crippen molar-refractivity contribution in [2.75, 3.05) is 23.9 Å². The summed E-state index contributed by atoms with van der Waals surface area (Å²) in [6.07, 6.45) is 0.702. The fourth-order valence-electron chi connectivity index (χ4n) is 4.21. The van der Waals surface area contributed by atoms with Crippen molar-refractivity contribution in [3.8, 4) is 5.75 Å². The number of carbonyl (C=O) groups is 4. The van der Waals surface area contributed by atoms with Crippen molar-refractivity contribution >= 4 is 58.3 Å². The Morgan fingerprint density at radius 3 is 2.21 bits per heavy atom. The molecule has 1 saturated carbocycles. The molecule has 4 atom stereocenters. The summed E-state index contributed by atoms with van der Waals surface area (Å²) in [5, 5.41) is 1.89. The third-order valence-corrected chi connectivity index (χ3v) is 7.05. The lowest BCUT2D eigenvalue weighted by molar-refractivity contribution is -0.122. The van der Waals surface area contributed by atoms with E-state index in [2.05, 4.69) is 5.32 Å². The number of hydrogen-bond donors (Lipinski definition) is 1. The monoisotopic (exact) mass is 504 g/mol. The zero-order valence-corrected chi connectivity index (χ0v) is 19.7. The van der Waals surface area contributed by atoms with Gasteiger partial charge in [-0.1, -0.05) is 6.07 Å². The minimum atomic E-state index is -0.713. The van der Waals surface area contributed by atoms with E-state index in [9.17, 15) is 19.2 Å². The van der Waals surface area contributed by atoms with Crippen LogP contribution in [0.1, 0.15) is 23.2 Å². The Balaban J connectivity index is 1.36. The SMILES string of the molecule is COc1cccc(NC(=O)COC(=O)c2ccc(N3C(=O)[C@@H]4C[C@H](Cl)[C@@H](Cl)C[C@H]4C3=O)cc2)c1. The largest absolute Gasteiger partial charge is 0.497 e. The van der Waals surface area contributed by atoms with Gasteiger partial charge in [0.15, 0.2) is 6.61 Å². The molecule has 1 aliphatic carbocycles. The maximum absolute atomic E-state index is 12.8. The number of anilines is 2. The lowest BCUT2D eigenvalue weighted by atomic mass is 9.80. The third kappa shape index (κ3) is 4.88. The molecular formula is C24H22Cl2N2O6. The second kappa shape index (κ2) is 10.0. The smallest absolute Gasteiger partial charge is 0.338 e. The zero-order chi connectivity index (χ0) is 24.4. The number of ether oxygens (including phenoxy) is 2. The Morgan fingerprint density at radius 1 is 1.00 bits per heavy atom. The fourth-order valence-corrected chi connectivity index (χ4v) is 4.80. The van der Waals surface area contributed by atoms with Crippen LogP contribution in [0.15, 0.2) is 48.5 Å². The minimum Gasteiger partial charge on any atom is -0.497 e. The van der Waals surface area contributed by atoms with Gasteiger partial charge in [0.1, 0.15) is 5.75 Å². The molecular weight excluding hydrogens is 483 g/mol. The highest BCUT2D eigenvalue weighted by Gasteiger charge is 2.52. The minimum absolute atomic E-state index is 0.177. The Hall–Kier alpha value is -3.10. The third-order valence-electron chi connectivity index (χ3n) is 5.96. The normalized spacial score (nSPS) is 23.9. The van der Waals surface area contributed by atoms with Gasteiger partial charge in [-0.2, -0.15) is 0 Å². The van der Waals surface area contributed by atoms with Gasteiger partial charge in [0.05, 0.1) is 41.0 Å². The second-order valence-electron chi connectivity index (χ2n) is 8.13. The first-order valence-corrected chi connectivity index (χ1v) is 11.5. The van der Waals surface area contributed by atoms with Crippen molar-refractivity contribution in [3.05, 3.63) is 54.1 Å². The van der Waals surface area contributed by atoms with Gasteiger partial charge in [-0.15, -0.1) is 23.2 Å². The Morgan fingerprint density at radius 2 is 1.62 bits per heavy atom. The van der Waals surface area contributed by atoms with Gasteiger partial charge in [-0.3, -0.25) is 19.3 Å². The molecule has 0 aromatic heterocycles. The molecule has 1 aliphatic heterocycles. The summed E-state index contributed by atoms with van der Waals surface area (Å²) in [6.45, 7) is -0.483. The van der Waals surface area contributed by atoms with Gasteiger partial charge in [0, 0.05) is 11.8 Å². The highest BCUT2D eigenvalue weighted by Crippen LogP contribution is 2.43. The summed E-state index contributed by atoms with van der Waals surface area (Å²) < 4.78 is 10.2. The topological polar surface area (TPSA) is 102 Å². The fraction of sp³-hybridized carbons (Fsp3) is 0.333. The Labute approximate surface area is 206 Å². The molecule has 2 aromatic rings. The van der Waals surface area contributed by atoms with Crippen molar-refractivity contribution in [2.24, 2.45) is 11.8 Å². The van der Waals surface area contributed by atoms with Crippen LogP contribution in [0.2, 0.25) is 0 Å². The van der Waals surface area contributed by atoms with E-state index < -0.39 is 30.3 Å². The van der Waals surface area contributed by atoms with Crippen LogP contribution in [-0.2, 0) is 19.1 Å². The average molecular weight is 505 g/mol. The zero-order valence-electron chi connectivity index (χ0n) is 18.2. The number of nitrogens with zero attached hydrogens (tertiary/aromatic N) is 1. The molecule has 1 heterocycles. The van der Waals surface area contributed by atoms with Crippen molar-refractivity contribution < 1.29 is 28.7 Å². The molecule has 0 radical (unpaired) electrons. The van der Waals surface area contributed by atoms with Crippen LogP contribution in [0.4, 0.5) is 11.4 Å². The van der Waals surface area contributed by atoms with Gasteiger partial charge in [0.25, 0.3) is 5.91 Å². The van der Waals surface area contributed by atoms with E-state index in [4.69, 9.17) is 32.7 Å². The number of amides is 3. The standard InChI is InChI=1S/C24H22Cl2N2O6/c1-33-16-4-2-3-14(9-16)27-21(29)12-34-24(32)13-5-7-15(8-6-13)28-22(30)17-10-19(25)20(26)11-18(17)23(28)31/h2-9,17-20H,10-12H2,1H3,(H,27,29)/t17-,18-,19+,20+/m1/s1. The number of halogens is 2. The summed E-state index contributed by atoms with van der Waals surface area (Å²) in [7, 11) is 1.51. The van der Waals surface area contributed by atoms with Crippen molar-refractivity contribution in [2.45, 2.75) is 23.6 Å². The number of carbonyl (C=O) groups excluding carboxylic acids is 4. The maximum atomic E-state index is 12.8. The van der Waals surface area contributed by atoms with Gasteiger partial charge in [0.2, 0.25) is 11.8 Å². The lowest BCUT2D eigenvalue weighted by Crippen LogP contribution is -2.34. The Kier molecular flexibility index (Phi) is 7.09. The molecule has 2 fully saturated rings. The second-order valence-corrected chi connectivity index (χ2v) is 9.25. The number of alkyl halides is 2. The molecule has 4 rings (SSSR count). The molecule has 34 heavy (non-hydrogen) atoms. The predicted molar refractivity (Wildman–Crippen MR) is 126 cm³/mol. The quantitative estimate of drug-likeness (QED) is 0.366. The van der Waals surface area contributed by atoms with E-state index >= 15 is 0 Å². The molecule has 2 aliphatic rings. The lowest BCUT2D eigenvalue weighted by Gasteiger charge is -2.28. The molecule has 1 N–H and O–H groups in total. The van der Waals surface area contributed by atoms with Crippen LogP contribution < -0.4 is 15.0 Å². The van der Waals surface area contributed by atoms with E-state index in [1.165, 1.54) is 31.4 Å². The molecule has 2 aromatic carbocycles. The molecule has 0 bridgehead atoms. The highest BCUT2D eigenvalue weighted by atomic mass is 35.5. The van der Waals surface area contributed by atoms with Crippen molar-refractivity contribution in [1.29, 1.82) is 0 Å². The van der Waals surface area contributed by atoms with Gasteiger partial charge < -0.3 is 14.8 Å². The number of benzene rings is 2. The highest BCUT2D eigenvalue weighted by molar-refractivity contribution is 6.31. The van der Waals surface area contributed by atoms with E-state index in [0.29, 0.717) is 30.0 Å². The van der Waals surface area contributed by atoms with Crippen LogP contribution in [0, 0.1) is 11.8 Å². The number of methoxy groups -OCH3 is 1. The van der Waals surface area contributed by atoms with Gasteiger partial charge in [-0.05, 0) is 49.2 Å². The average Bonchev–Trinajstić information content (AvgIpc) is 3.07. The summed E-state index contributed by atoms with van der Waals surface area (Å²) in [4.78, 5) is 51.3. The van der Waals surface area contributed by atoms with Gasteiger partial charge >= 0.3 is 5.97 Å². The number of rotatable bonds is 6. The van der Waals surface area contributed by atoms with E-state index in [-0.39, 0.29) is 28.1 Å². The molecule has 0 unspecified atom stereocenters. The number of fused-ring (bicyclic) bond motifs is 1. The molecule has 1 saturated heterocycles. The first-order valence-electron chi connectivity index (χ1n) is 10.7. The van der Waals surface area contributed by atoms with Crippen LogP contribution in [0.3, 0.4) is 0 Å². The van der Waals surface area contributed by atoms with E-state index in [1.807, 2.05) is 0 Å². The first kappa shape index (κ1) is 24.0. The first-order chi connectivity index (χ1) is 16.3. The summed E-state index contributed by atoms with van der Waals surface area (Å²) in [5.41, 5.74) is 1.04. The number of hydrogen-bond acceptors (Lipinski definition) is 6. The summed E-state index contributed by atoms with van der Waals surface area (Å²) >= 11 is 12.4. The summed E-state index contributed by atoms with van der Waals surface area (Å²) in [6, 6.07) is 12.6.